The van der Waals surface area contributed by atoms with E-state index in [-0.39, 0.29) is 47.9 Å². The van der Waals surface area contributed by atoms with Crippen molar-refractivity contribution in [2.45, 2.75) is 45.1 Å². The third kappa shape index (κ3) is 7.11. The third-order valence-electron chi connectivity index (χ3n) is 5.43. The normalized spacial score (nSPS) is 20.7. The Morgan fingerprint density at radius 2 is 1.97 bits per heavy atom. The van der Waals surface area contributed by atoms with Crippen LogP contribution in [0.15, 0.2) is 23.2 Å². The van der Waals surface area contributed by atoms with Crippen molar-refractivity contribution in [2.75, 3.05) is 46.4 Å². The van der Waals surface area contributed by atoms with Crippen molar-refractivity contribution >= 4 is 29.9 Å². The molecule has 0 amide bonds. The second-order valence-corrected chi connectivity index (χ2v) is 7.92. The first-order chi connectivity index (χ1) is 14.3. The number of hydrogen-bond donors (Lipinski definition) is 1. The average molecular weight is 556 g/mol. The Kier molecular flexibility index (Phi) is 9.68. The van der Waals surface area contributed by atoms with Gasteiger partial charge >= 0.3 is 6.18 Å². The fourth-order valence-electron chi connectivity index (χ4n) is 4.00. The van der Waals surface area contributed by atoms with E-state index in [0.29, 0.717) is 12.0 Å². The molecule has 10 heteroatoms. The van der Waals surface area contributed by atoms with Crippen LogP contribution in [0.3, 0.4) is 0 Å². The highest BCUT2D eigenvalue weighted by Crippen LogP contribution is 2.34. The summed E-state index contributed by atoms with van der Waals surface area (Å²) in [5.74, 6) is 0.847. The van der Waals surface area contributed by atoms with E-state index in [0.717, 1.165) is 51.9 Å². The van der Waals surface area contributed by atoms with Gasteiger partial charge in [-0.1, -0.05) is 6.07 Å². The van der Waals surface area contributed by atoms with Crippen LogP contribution in [0.25, 0.3) is 0 Å². The van der Waals surface area contributed by atoms with E-state index >= 15 is 0 Å². The number of guanidine groups is 1. The van der Waals surface area contributed by atoms with Crippen LogP contribution in [0.2, 0.25) is 0 Å². The minimum atomic E-state index is -4.45. The SMILES string of the molecule is CN=C(NCc1ccc(OC(C)C)cc1C(F)(F)F)N1CCC(N2CCOCC2)C1.I. The van der Waals surface area contributed by atoms with Crippen LogP contribution in [0.1, 0.15) is 31.4 Å². The maximum Gasteiger partial charge on any atom is 0.416 e. The fraction of sp³-hybridized carbons (Fsp3) is 0.667. The Balaban J connectivity index is 0.00000341. The second kappa shape index (κ2) is 11.6. The topological polar surface area (TPSA) is 49.3 Å². The summed E-state index contributed by atoms with van der Waals surface area (Å²) < 4.78 is 51.6. The molecule has 2 fully saturated rings. The van der Waals surface area contributed by atoms with Gasteiger partial charge in [0.1, 0.15) is 5.75 Å². The second-order valence-electron chi connectivity index (χ2n) is 7.92. The standard InChI is InChI=1S/C21H31F3N4O2.HI/c1-15(2)30-18-5-4-16(19(12-18)21(22,23)24)13-26-20(25-3)28-7-6-17(14-28)27-8-10-29-11-9-27;/h4-5,12,15,17H,6-11,13-14H2,1-3H3,(H,25,26);1H. The van der Waals surface area contributed by atoms with Gasteiger partial charge in [0.2, 0.25) is 0 Å². The molecule has 2 saturated heterocycles. The summed E-state index contributed by atoms with van der Waals surface area (Å²) in [6, 6.07) is 4.55. The van der Waals surface area contributed by atoms with Crippen LogP contribution in [0.4, 0.5) is 13.2 Å². The zero-order valence-corrected chi connectivity index (χ0v) is 20.6. The zero-order chi connectivity index (χ0) is 21.7. The van der Waals surface area contributed by atoms with Gasteiger partial charge in [0, 0.05) is 45.8 Å². The fourth-order valence-corrected chi connectivity index (χ4v) is 4.00. The van der Waals surface area contributed by atoms with Gasteiger partial charge in [-0.05, 0) is 38.0 Å². The molecule has 1 unspecified atom stereocenters. The summed E-state index contributed by atoms with van der Waals surface area (Å²) in [5, 5.41) is 3.12. The maximum atomic E-state index is 13.6. The first kappa shape index (κ1) is 26.0. The lowest BCUT2D eigenvalue weighted by atomic mass is 10.1. The van der Waals surface area contributed by atoms with E-state index < -0.39 is 11.7 Å². The van der Waals surface area contributed by atoms with Crippen molar-refractivity contribution in [1.29, 1.82) is 0 Å². The number of nitrogens with one attached hydrogen (secondary N) is 1. The molecule has 176 valence electrons. The average Bonchev–Trinajstić information content (AvgIpc) is 3.19. The van der Waals surface area contributed by atoms with E-state index in [1.165, 1.54) is 6.07 Å². The smallest absolute Gasteiger partial charge is 0.416 e. The van der Waals surface area contributed by atoms with Crippen molar-refractivity contribution < 1.29 is 22.6 Å². The molecule has 1 N–H and O–H groups in total. The number of benzene rings is 1. The van der Waals surface area contributed by atoms with E-state index in [1.807, 2.05) is 0 Å². The summed E-state index contributed by atoms with van der Waals surface area (Å²) in [5.41, 5.74) is -0.514. The highest BCUT2D eigenvalue weighted by atomic mass is 127. The molecule has 2 aliphatic heterocycles. The Morgan fingerprint density at radius 1 is 1.26 bits per heavy atom. The van der Waals surface area contributed by atoms with Crippen LogP contribution in [-0.2, 0) is 17.5 Å². The van der Waals surface area contributed by atoms with Crippen molar-refractivity contribution in [2.24, 2.45) is 4.99 Å². The first-order valence-corrected chi connectivity index (χ1v) is 10.4. The lowest BCUT2D eigenvalue weighted by Gasteiger charge is -2.32. The predicted molar refractivity (Wildman–Crippen MR) is 125 cm³/mol. The summed E-state index contributed by atoms with van der Waals surface area (Å²) in [7, 11) is 1.66. The lowest BCUT2D eigenvalue weighted by Crippen LogP contribution is -2.46. The van der Waals surface area contributed by atoms with Crippen LogP contribution < -0.4 is 10.1 Å². The number of nitrogens with zero attached hydrogens (tertiary/aromatic N) is 3. The Bertz CT molecular complexity index is 740. The van der Waals surface area contributed by atoms with Gasteiger partial charge in [-0.25, -0.2) is 0 Å². The summed E-state index contributed by atoms with van der Waals surface area (Å²) in [6.07, 6.45) is -3.63. The molecule has 0 aliphatic carbocycles. The Labute approximate surface area is 199 Å². The molecule has 0 aromatic heterocycles. The molecular formula is C21H32F3IN4O2. The minimum Gasteiger partial charge on any atom is -0.491 e. The van der Waals surface area contributed by atoms with Gasteiger partial charge in [0.25, 0.3) is 0 Å². The largest absolute Gasteiger partial charge is 0.491 e. The lowest BCUT2D eigenvalue weighted by molar-refractivity contribution is -0.138. The Morgan fingerprint density at radius 3 is 2.58 bits per heavy atom. The van der Waals surface area contributed by atoms with Crippen molar-refractivity contribution in [1.82, 2.24) is 15.1 Å². The van der Waals surface area contributed by atoms with Gasteiger partial charge in [-0.2, -0.15) is 13.2 Å². The Hall–Kier alpha value is -1.27. The number of morpholine rings is 1. The highest BCUT2D eigenvalue weighted by molar-refractivity contribution is 14.0. The molecule has 0 spiro atoms. The number of likely N-dealkylation sites (tertiary alicyclic amines) is 1. The molecule has 6 nitrogen and oxygen atoms in total. The number of halogens is 4. The summed E-state index contributed by atoms with van der Waals surface area (Å²) in [6.45, 7) is 8.60. The minimum absolute atomic E-state index is 0. The number of hydrogen-bond acceptors (Lipinski definition) is 4. The van der Waals surface area contributed by atoms with Crippen molar-refractivity contribution in [3.8, 4) is 5.75 Å². The molecule has 31 heavy (non-hydrogen) atoms. The molecule has 1 aromatic carbocycles. The molecule has 1 atom stereocenters. The molecule has 2 heterocycles. The van der Waals surface area contributed by atoms with E-state index in [4.69, 9.17) is 9.47 Å². The molecular weight excluding hydrogens is 524 g/mol. The van der Waals surface area contributed by atoms with Gasteiger partial charge in [0.15, 0.2) is 5.96 Å². The van der Waals surface area contributed by atoms with E-state index in [2.05, 4.69) is 20.1 Å². The molecule has 0 saturated carbocycles. The van der Waals surface area contributed by atoms with E-state index in [1.54, 1.807) is 27.0 Å². The van der Waals surface area contributed by atoms with Gasteiger partial charge in [0.05, 0.1) is 24.9 Å². The van der Waals surface area contributed by atoms with Crippen LogP contribution in [0.5, 0.6) is 5.75 Å². The van der Waals surface area contributed by atoms with Gasteiger partial charge in [-0.3, -0.25) is 9.89 Å². The number of rotatable bonds is 5. The van der Waals surface area contributed by atoms with Crippen LogP contribution in [-0.4, -0.2) is 74.3 Å². The monoisotopic (exact) mass is 556 g/mol. The van der Waals surface area contributed by atoms with E-state index in [9.17, 15) is 13.2 Å². The highest BCUT2D eigenvalue weighted by Gasteiger charge is 2.34. The molecule has 0 radical (unpaired) electrons. The summed E-state index contributed by atoms with van der Waals surface area (Å²) >= 11 is 0. The number of aliphatic imine (C=N–C) groups is 1. The number of ether oxygens (including phenoxy) is 2. The first-order valence-electron chi connectivity index (χ1n) is 10.4. The molecule has 1 aromatic rings. The molecule has 0 bridgehead atoms. The molecule has 3 rings (SSSR count). The number of alkyl halides is 3. The quantitative estimate of drug-likeness (QED) is 0.342. The maximum absolute atomic E-state index is 13.6. The van der Waals surface area contributed by atoms with Gasteiger partial charge in [-0.15, -0.1) is 24.0 Å². The van der Waals surface area contributed by atoms with Crippen molar-refractivity contribution in [3.05, 3.63) is 29.3 Å². The van der Waals surface area contributed by atoms with Crippen LogP contribution in [0, 0.1) is 0 Å². The molecule has 2 aliphatic rings. The van der Waals surface area contributed by atoms with Crippen LogP contribution >= 0.6 is 24.0 Å². The third-order valence-corrected chi connectivity index (χ3v) is 5.43. The van der Waals surface area contributed by atoms with Gasteiger partial charge < -0.3 is 19.7 Å². The van der Waals surface area contributed by atoms with Crippen molar-refractivity contribution in [3.63, 3.8) is 0 Å². The predicted octanol–water partition coefficient (Wildman–Crippen LogP) is 3.59. The zero-order valence-electron chi connectivity index (χ0n) is 18.2. The summed E-state index contributed by atoms with van der Waals surface area (Å²) in [4.78, 5) is 8.83.